The fourth-order valence-corrected chi connectivity index (χ4v) is 3.44. The number of ether oxygens (including phenoxy) is 2. The van der Waals surface area contributed by atoms with Gasteiger partial charge in [-0.3, -0.25) is 4.90 Å². The molecule has 0 saturated heterocycles. The van der Waals surface area contributed by atoms with Crippen LogP contribution < -0.4 is 4.74 Å². The average Bonchev–Trinajstić information content (AvgIpc) is 3.15. The third-order valence-corrected chi connectivity index (χ3v) is 4.94. The molecule has 3 aromatic rings. The van der Waals surface area contributed by atoms with Crippen LogP contribution in [0.25, 0.3) is 0 Å². The molecule has 0 atom stereocenters. The maximum absolute atomic E-state index is 13.5. The molecule has 1 aromatic heterocycles. The fourth-order valence-electron chi connectivity index (χ4n) is 3.44. The highest BCUT2D eigenvalue weighted by molar-refractivity contribution is 5.27. The zero-order valence-electron chi connectivity index (χ0n) is 17.2. The first-order valence-electron chi connectivity index (χ1n) is 9.90. The summed E-state index contributed by atoms with van der Waals surface area (Å²) in [5.74, 6) is 0.667. The van der Waals surface area contributed by atoms with Crippen LogP contribution in [0.2, 0.25) is 0 Å². The molecule has 0 bridgehead atoms. The number of halogens is 1. The lowest BCUT2D eigenvalue weighted by Gasteiger charge is -2.23. The SMILES string of the molecule is COCCCN(Cc1ccc(OC)cc1)Cc1cccn1Cc1cccc(F)c1. The fraction of sp³-hybridized carbons (Fsp3) is 0.333. The molecule has 0 saturated carbocycles. The summed E-state index contributed by atoms with van der Waals surface area (Å²) in [6.45, 7) is 4.00. The first kappa shape index (κ1) is 21.1. The Kier molecular flexibility index (Phi) is 7.85. The van der Waals surface area contributed by atoms with Crippen molar-refractivity contribution in [3.63, 3.8) is 0 Å². The monoisotopic (exact) mass is 396 g/mol. The highest BCUT2D eigenvalue weighted by atomic mass is 19.1. The quantitative estimate of drug-likeness (QED) is 0.439. The summed E-state index contributed by atoms with van der Waals surface area (Å²) in [7, 11) is 3.41. The van der Waals surface area contributed by atoms with Crippen molar-refractivity contribution >= 4 is 0 Å². The maximum atomic E-state index is 13.5. The molecule has 0 radical (unpaired) electrons. The van der Waals surface area contributed by atoms with Crippen LogP contribution in [0, 0.1) is 5.82 Å². The summed E-state index contributed by atoms with van der Waals surface area (Å²) >= 11 is 0. The number of hydrogen-bond acceptors (Lipinski definition) is 3. The van der Waals surface area contributed by atoms with Crippen molar-refractivity contribution in [3.05, 3.63) is 89.5 Å². The van der Waals surface area contributed by atoms with Crippen molar-refractivity contribution in [1.82, 2.24) is 9.47 Å². The summed E-state index contributed by atoms with van der Waals surface area (Å²) in [6, 6.07) is 19.2. The lowest BCUT2D eigenvalue weighted by molar-refractivity contribution is 0.165. The van der Waals surface area contributed by atoms with E-state index in [0.29, 0.717) is 6.54 Å². The molecule has 0 N–H and O–H groups in total. The van der Waals surface area contributed by atoms with Crippen molar-refractivity contribution in [2.45, 2.75) is 26.1 Å². The molecule has 0 amide bonds. The van der Waals surface area contributed by atoms with Crippen LogP contribution in [0.1, 0.15) is 23.2 Å². The minimum Gasteiger partial charge on any atom is -0.497 e. The van der Waals surface area contributed by atoms with E-state index < -0.39 is 0 Å². The zero-order valence-corrected chi connectivity index (χ0v) is 17.2. The second-order valence-electron chi connectivity index (χ2n) is 7.16. The van der Waals surface area contributed by atoms with Gasteiger partial charge in [0, 0.05) is 51.8 Å². The molecule has 0 fully saturated rings. The molecule has 5 heteroatoms. The van der Waals surface area contributed by atoms with Crippen molar-refractivity contribution in [3.8, 4) is 5.75 Å². The van der Waals surface area contributed by atoms with Crippen LogP contribution in [0.5, 0.6) is 5.75 Å². The number of methoxy groups -OCH3 is 2. The van der Waals surface area contributed by atoms with Gasteiger partial charge < -0.3 is 14.0 Å². The van der Waals surface area contributed by atoms with Gasteiger partial charge in [-0.1, -0.05) is 24.3 Å². The second-order valence-corrected chi connectivity index (χ2v) is 7.16. The third kappa shape index (κ3) is 6.44. The van der Waals surface area contributed by atoms with Crippen molar-refractivity contribution in [1.29, 1.82) is 0 Å². The van der Waals surface area contributed by atoms with Crippen molar-refractivity contribution in [2.24, 2.45) is 0 Å². The summed E-state index contributed by atoms with van der Waals surface area (Å²) in [5.41, 5.74) is 3.41. The lowest BCUT2D eigenvalue weighted by Crippen LogP contribution is -2.26. The minimum atomic E-state index is -0.197. The van der Waals surface area contributed by atoms with Gasteiger partial charge in [-0.05, 0) is 53.9 Å². The summed E-state index contributed by atoms with van der Waals surface area (Å²) in [6.07, 6.45) is 3.03. The van der Waals surface area contributed by atoms with Crippen LogP contribution in [0.15, 0.2) is 66.9 Å². The molecule has 1 heterocycles. The predicted octanol–water partition coefficient (Wildman–Crippen LogP) is 4.72. The van der Waals surface area contributed by atoms with Gasteiger partial charge in [0.25, 0.3) is 0 Å². The van der Waals surface area contributed by atoms with E-state index in [-0.39, 0.29) is 5.82 Å². The van der Waals surface area contributed by atoms with Crippen molar-refractivity contribution < 1.29 is 13.9 Å². The molecule has 0 spiro atoms. The van der Waals surface area contributed by atoms with Crippen LogP contribution >= 0.6 is 0 Å². The maximum Gasteiger partial charge on any atom is 0.123 e. The van der Waals surface area contributed by atoms with Crippen LogP contribution in [-0.2, 0) is 24.4 Å². The number of benzene rings is 2. The van der Waals surface area contributed by atoms with E-state index in [4.69, 9.17) is 9.47 Å². The Morgan fingerprint density at radius 3 is 2.48 bits per heavy atom. The number of rotatable bonds is 11. The normalized spacial score (nSPS) is 11.2. The van der Waals surface area contributed by atoms with Gasteiger partial charge in [-0.25, -0.2) is 4.39 Å². The largest absolute Gasteiger partial charge is 0.497 e. The summed E-state index contributed by atoms with van der Waals surface area (Å²) in [4.78, 5) is 2.41. The van der Waals surface area contributed by atoms with Gasteiger partial charge >= 0.3 is 0 Å². The first-order chi connectivity index (χ1) is 14.2. The van der Waals surface area contributed by atoms with Crippen LogP contribution in [0.4, 0.5) is 4.39 Å². The predicted molar refractivity (Wildman–Crippen MR) is 114 cm³/mol. The molecule has 0 aliphatic heterocycles. The Labute approximate surface area is 172 Å². The Hall–Kier alpha value is -2.63. The molecule has 0 aliphatic rings. The number of aromatic nitrogens is 1. The zero-order chi connectivity index (χ0) is 20.5. The van der Waals surface area contributed by atoms with Gasteiger partial charge in [-0.15, -0.1) is 0 Å². The van der Waals surface area contributed by atoms with Crippen LogP contribution in [-0.4, -0.2) is 36.8 Å². The van der Waals surface area contributed by atoms with E-state index in [9.17, 15) is 4.39 Å². The van der Waals surface area contributed by atoms with Gasteiger partial charge in [0.05, 0.1) is 7.11 Å². The van der Waals surface area contributed by atoms with E-state index in [2.05, 4.69) is 39.9 Å². The molecule has 4 nitrogen and oxygen atoms in total. The molecule has 29 heavy (non-hydrogen) atoms. The second kappa shape index (κ2) is 10.8. The smallest absolute Gasteiger partial charge is 0.123 e. The molecule has 0 aliphatic carbocycles. The summed E-state index contributed by atoms with van der Waals surface area (Å²) < 4.78 is 26.2. The number of hydrogen-bond donors (Lipinski definition) is 0. The molecule has 154 valence electrons. The average molecular weight is 397 g/mol. The van der Waals surface area contributed by atoms with E-state index in [1.165, 1.54) is 17.3 Å². The molecule has 2 aromatic carbocycles. The Morgan fingerprint density at radius 2 is 1.76 bits per heavy atom. The highest BCUT2D eigenvalue weighted by Gasteiger charge is 2.11. The van der Waals surface area contributed by atoms with Crippen LogP contribution in [0.3, 0.4) is 0 Å². The molecule has 0 unspecified atom stereocenters. The Bertz CT molecular complexity index is 877. The van der Waals surface area contributed by atoms with Gasteiger partial charge in [0.2, 0.25) is 0 Å². The molecular weight excluding hydrogens is 367 g/mol. The van der Waals surface area contributed by atoms with E-state index >= 15 is 0 Å². The van der Waals surface area contributed by atoms with Gasteiger partial charge in [0.15, 0.2) is 0 Å². The van der Waals surface area contributed by atoms with Crippen molar-refractivity contribution in [2.75, 3.05) is 27.4 Å². The first-order valence-corrected chi connectivity index (χ1v) is 9.90. The number of nitrogens with zero attached hydrogens (tertiary/aromatic N) is 2. The summed E-state index contributed by atoms with van der Waals surface area (Å²) in [5, 5.41) is 0. The van der Waals surface area contributed by atoms with E-state index in [0.717, 1.165) is 44.0 Å². The van der Waals surface area contributed by atoms with Gasteiger partial charge in [-0.2, -0.15) is 0 Å². The highest BCUT2D eigenvalue weighted by Crippen LogP contribution is 2.16. The topological polar surface area (TPSA) is 26.6 Å². The minimum absolute atomic E-state index is 0.197. The standard InChI is InChI=1S/C24H29FN2O2/c1-28-15-5-13-26(17-20-9-11-24(29-2)12-10-20)19-23-8-4-14-27(23)18-21-6-3-7-22(25)16-21/h3-4,6-12,14,16H,5,13,15,17-19H2,1-2H3. The van der Waals surface area contributed by atoms with E-state index in [1.807, 2.05) is 18.2 Å². The molecular formula is C24H29FN2O2. The van der Waals surface area contributed by atoms with Gasteiger partial charge in [0.1, 0.15) is 11.6 Å². The third-order valence-electron chi connectivity index (χ3n) is 4.94. The Morgan fingerprint density at radius 1 is 0.931 bits per heavy atom. The van der Waals surface area contributed by atoms with E-state index in [1.54, 1.807) is 26.4 Å². The Balaban J connectivity index is 1.70. The lowest BCUT2D eigenvalue weighted by atomic mass is 10.2. The molecule has 3 rings (SSSR count).